The molecule has 0 spiro atoms. The van der Waals surface area contributed by atoms with Crippen molar-refractivity contribution in [1.82, 2.24) is 5.32 Å². The lowest BCUT2D eigenvalue weighted by Gasteiger charge is -2.38. The van der Waals surface area contributed by atoms with E-state index < -0.39 is 0 Å². The van der Waals surface area contributed by atoms with E-state index in [9.17, 15) is 0 Å². The largest absolute Gasteiger partial charge is 0.396 e. The van der Waals surface area contributed by atoms with Gasteiger partial charge in [-0.1, -0.05) is 17.7 Å². The van der Waals surface area contributed by atoms with Gasteiger partial charge in [-0.25, -0.2) is 0 Å². The van der Waals surface area contributed by atoms with Crippen molar-refractivity contribution in [2.45, 2.75) is 19.4 Å². The molecule has 94 valence electrons. The molecule has 1 heterocycles. The van der Waals surface area contributed by atoms with Crippen LogP contribution in [0.3, 0.4) is 0 Å². The minimum Gasteiger partial charge on any atom is -0.396 e. The van der Waals surface area contributed by atoms with E-state index in [4.69, 9.17) is 16.7 Å². The molecule has 1 aliphatic rings. The van der Waals surface area contributed by atoms with Crippen LogP contribution in [0.2, 0.25) is 5.02 Å². The molecule has 2 rings (SSSR count). The third kappa shape index (κ3) is 2.73. The van der Waals surface area contributed by atoms with Gasteiger partial charge in [0.1, 0.15) is 0 Å². The number of nitrogens with zero attached hydrogens (tertiary/aromatic N) is 1. The molecule has 0 bridgehead atoms. The van der Waals surface area contributed by atoms with E-state index in [0.717, 1.165) is 36.6 Å². The summed E-state index contributed by atoms with van der Waals surface area (Å²) in [5, 5.41) is 13.3. The monoisotopic (exact) mass is 254 g/mol. The Morgan fingerprint density at radius 1 is 1.53 bits per heavy atom. The van der Waals surface area contributed by atoms with Gasteiger partial charge in [0.2, 0.25) is 0 Å². The molecule has 1 unspecified atom stereocenters. The highest BCUT2D eigenvalue weighted by atomic mass is 35.5. The molecule has 3 nitrogen and oxygen atoms in total. The van der Waals surface area contributed by atoms with Crippen LogP contribution in [0.15, 0.2) is 18.2 Å². The molecular weight excluding hydrogens is 236 g/mol. The molecule has 1 atom stereocenters. The number of hydrogen-bond acceptors (Lipinski definition) is 3. The molecule has 0 aliphatic carbocycles. The average Bonchev–Trinajstić information content (AvgIpc) is 2.34. The zero-order chi connectivity index (χ0) is 12.3. The van der Waals surface area contributed by atoms with Gasteiger partial charge in [0.25, 0.3) is 0 Å². The van der Waals surface area contributed by atoms with Crippen LogP contribution >= 0.6 is 11.6 Å². The lowest BCUT2D eigenvalue weighted by Crippen LogP contribution is -2.52. The normalized spacial score (nSPS) is 20.6. The molecule has 0 aromatic heterocycles. The second-order valence-corrected chi connectivity index (χ2v) is 4.85. The highest BCUT2D eigenvalue weighted by Gasteiger charge is 2.23. The second-order valence-electron chi connectivity index (χ2n) is 4.45. The topological polar surface area (TPSA) is 35.5 Å². The highest BCUT2D eigenvalue weighted by Crippen LogP contribution is 2.28. The van der Waals surface area contributed by atoms with Crippen LogP contribution in [0, 0.1) is 6.92 Å². The summed E-state index contributed by atoms with van der Waals surface area (Å²) in [7, 11) is 0. The summed E-state index contributed by atoms with van der Waals surface area (Å²) in [4.78, 5) is 2.36. The average molecular weight is 255 g/mol. The van der Waals surface area contributed by atoms with Gasteiger partial charge in [-0.05, 0) is 31.0 Å². The summed E-state index contributed by atoms with van der Waals surface area (Å²) < 4.78 is 0. The van der Waals surface area contributed by atoms with Crippen molar-refractivity contribution in [2.75, 3.05) is 31.1 Å². The summed E-state index contributed by atoms with van der Waals surface area (Å²) in [6.45, 7) is 5.14. The zero-order valence-electron chi connectivity index (χ0n) is 10.1. The number of nitrogens with one attached hydrogen (secondary N) is 1. The molecule has 1 saturated heterocycles. The second kappa shape index (κ2) is 5.71. The first kappa shape index (κ1) is 12.7. The lowest BCUT2D eigenvalue weighted by atomic mass is 10.1. The van der Waals surface area contributed by atoms with Gasteiger partial charge in [0.05, 0.1) is 0 Å². The number of piperazine rings is 1. The standard InChI is InChI=1S/C13H19ClN2O/c1-10-12(14)3-2-4-13(10)16-7-6-15-9-11(16)5-8-17/h2-4,11,15,17H,5-9H2,1H3. The number of hydrogen-bond donors (Lipinski definition) is 2. The molecule has 0 amide bonds. The predicted molar refractivity (Wildman–Crippen MR) is 71.9 cm³/mol. The maximum atomic E-state index is 9.13. The van der Waals surface area contributed by atoms with Crippen molar-refractivity contribution in [1.29, 1.82) is 0 Å². The van der Waals surface area contributed by atoms with Gasteiger partial charge in [-0.2, -0.15) is 0 Å². The van der Waals surface area contributed by atoms with Crippen LogP contribution in [-0.4, -0.2) is 37.4 Å². The van der Waals surface area contributed by atoms with E-state index in [0.29, 0.717) is 6.04 Å². The first-order chi connectivity index (χ1) is 8.24. The van der Waals surface area contributed by atoms with E-state index in [1.807, 2.05) is 12.1 Å². The van der Waals surface area contributed by atoms with E-state index in [-0.39, 0.29) is 6.61 Å². The maximum absolute atomic E-state index is 9.13. The number of halogens is 1. The Kier molecular flexibility index (Phi) is 4.26. The van der Waals surface area contributed by atoms with E-state index in [1.54, 1.807) is 0 Å². The van der Waals surface area contributed by atoms with Gasteiger partial charge in [-0.15, -0.1) is 0 Å². The fourth-order valence-corrected chi connectivity index (χ4v) is 2.56. The molecule has 1 fully saturated rings. The van der Waals surface area contributed by atoms with Crippen molar-refractivity contribution in [3.05, 3.63) is 28.8 Å². The molecule has 0 saturated carbocycles. The van der Waals surface area contributed by atoms with Gasteiger partial charge in [0, 0.05) is 43.0 Å². The molecule has 17 heavy (non-hydrogen) atoms. The fourth-order valence-electron chi connectivity index (χ4n) is 2.39. The van der Waals surface area contributed by atoms with Crippen molar-refractivity contribution in [3.8, 4) is 0 Å². The van der Waals surface area contributed by atoms with Gasteiger partial charge in [0.15, 0.2) is 0 Å². The van der Waals surface area contributed by atoms with Crippen LogP contribution in [-0.2, 0) is 0 Å². The number of aliphatic hydroxyl groups is 1. The van der Waals surface area contributed by atoms with Crippen molar-refractivity contribution in [2.24, 2.45) is 0 Å². The van der Waals surface area contributed by atoms with E-state index >= 15 is 0 Å². The predicted octanol–water partition coefficient (Wildman–Crippen LogP) is 1.81. The first-order valence-corrected chi connectivity index (χ1v) is 6.45. The smallest absolute Gasteiger partial charge is 0.0455 e. The third-order valence-corrected chi connectivity index (χ3v) is 3.77. The van der Waals surface area contributed by atoms with Gasteiger partial charge in [-0.3, -0.25) is 0 Å². The van der Waals surface area contributed by atoms with Crippen LogP contribution in [0.25, 0.3) is 0 Å². The molecule has 2 N–H and O–H groups in total. The van der Waals surface area contributed by atoms with Crippen molar-refractivity contribution < 1.29 is 5.11 Å². The van der Waals surface area contributed by atoms with Gasteiger partial charge < -0.3 is 15.3 Å². The molecule has 1 aromatic rings. The Morgan fingerprint density at radius 2 is 2.35 bits per heavy atom. The number of benzene rings is 1. The summed E-state index contributed by atoms with van der Waals surface area (Å²) in [6.07, 6.45) is 0.791. The highest BCUT2D eigenvalue weighted by molar-refractivity contribution is 6.31. The maximum Gasteiger partial charge on any atom is 0.0455 e. The minimum absolute atomic E-state index is 0.225. The number of aliphatic hydroxyl groups excluding tert-OH is 1. The van der Waals surface area contributed by atoms with Crippen LogP contribution in [0.4, 0.5) is 5.69 Å². The Labute approximate surface area is 107 Å². The fraction of sp³-hybridized carbons (Fsp3) is 0.538. The lowest BCUT2D eigenvalue weighted by molar-refractivity contribution is 0.266. The summed E-state index contributed by atoms with van der Waals surface area (Å²) in [6, 6.07) is 6.37. The molecular formula is C13H19ClN2O. The Hall–Kier alpha value is -0.770. The third-order valence-electron chi connectivity index (χ3n) is 3.36. The van der Waals surface area contributed by atoms with Crippen LogP contribution < -0.4 is 10.2 Å². The Bertz CT molecular complexity index is 382. The summed E-state index contributed by atoms with van der Waals surface area (Å²) in [5.41, 5.74) is 2.32. The molecule has 1 aromatic carbocycles. The molecule has 4 heteroatoms. The molecule has 0 radical (unpaired) electrons. The number of anilines is 1. The Morgan fingerprint density at radius 3 is 3.12 bits per heavy atom. The summed E-state index contributed by atoms with van der Waals surface area (Å²) >= 11 is 6.17. The summed E-state index contributed by atoms with van der Waals surface area (Å²) in [5.74, 6) is 0. The van der Waals surface area contributed by atoms with Gasteiger partial charge >= 0.3 is 0 Å². The van der Waals surface area contributed by atoms with E-state index in [1.165, 1.54) is 5.69 Å². The van der Waals surface area contributed by atoms with Crippen LogP contribution in [0.5, 0.6) is 0 Å². The minimum atomic E-state index is 0.225. The SMILES string of the molecule is Cc1c(Cl)cccc1N1CCNCC1CCO. The first-order valence-electron chi connectivity index (χ1n) is 6.07. The quantitative estimate of drug-likeness (QED) is 0.864. The van der Waals surface area contributed by atoms with Crippen molar-refractivity contribution >= 4 is 17.3 Å². The Balaban J connectivity index is 2.26. The van der Waals surface area contributed by atoms with E-state index in [2.05, 4.69) is 23.2 Å². The number of rotatable bonds is 3. The zero-order valence-corrected chi connectivity index (χ0v) is 10.9. The van der Waals surface area contributed by atoms with Crippen LogP contribution in [0.1, 0.15) is 12.0 Å². The van der Waals surface area contributed by atoms with Crippen molar-refractivity contribution in [3.63, 3.8) is 0 Å². The molecule has 1 aliphatic heterocycles.